The molecule has 0 amide bonds. The Morgan fingerprint density at radius 3 is 0.871 bits per heavy atom. The van der Waals surface area contributed by atoms with Crippen LogP contribution in [-0.4, -0.2) is 0 Å². The summed E-state index contributed by atoms with van der Waals surface area (Å²) in [5.41, 5.74) is -2.34. The first-order chi connectivity index (χ1) is 29.9. The van der Waals surface area contributed by atoms with Gasteiger partial charge in [-0.05, 0) is 87.6 Å². The van der Waals surface area contributed by atoms with Crippen LogP contribution in [0, 0.1) is 58.2 Å². The van der Waals surface area contributed by atoms with Crippen LogP contribution in [0.1, 0.15) is 45.9 Å². The van der Waals surface area contributed by atoms with Crippen molar-refractivity contribution < 1.29 is 43.9 Å². The number of rotatable bonds is 4. The van der Waals surface area contributed by atoms with Gasteiger partial charge in [0, 0.05) is 23.0 Å². The molecular formula is C52H26F10. The summed E-state index contributed by atoms with van der Waals surface area (Å²) in [6, 6.07) is 39.3. The van der Waals surface area contributed by atoms with E-state index in [0.717, 1.165) is 43.1 Å². The molecule has 0 nitrogen and oxygen atoms in total. The Morgan fingerprint density at radius 1 is 0.242 bits per heavy atom. The Bertz CT molecular complexity index is 3270. The molecule has 0 N–H and O–H groups in total. The molecule has 304 valence electrons. The summed E-state index contributed by atoms with van der Waals surface area (Å²) in [4.78, 5) is 0. The smallest absolute Gasteiger partial charge is 0.200 e. The fourth-order valence-corrected chi connectivity index (χ4v) is 10.2. The van der Waals surface area contributed by atoms with Crippen molar-refractivity contribution in [3.05, 3.63) is 214 Å². The lowest BCUT2D eigenvalue weighted by molar-refractivity contribution is 0.199. The summed E-state index contributed by atoms with van der Waals surface area (Å²) < 4.78 is 156. The lowest BCUT2D eigenvalue weighted by Gasteiger charge is -2.53. The maximum Gasteiger partial charge on any atom is 0.200 e. The minimum atomic E-state index is -2.42. The number of hydrogen-bond acceptors (Lipinski definition) is 0. The van der Waals surface area contributed by atoms with Crippen molar-refractivity contribution in [2.45, 2.75) is 23.7 Å². The molecule has 1 aliphatic rings. The SMILES string of the molecule is Fc1c(F)c(F)c(C2C(c3ccc4ccc5ccc6ccccc6c5c4c3)C(c3c(F)c(F)c(F)c(F)c3F)C2c2ccc3ccc4ccc5ccccc5c4c3c2)c(F)c1F. The molecule has 0 atom stereocenters. The molecule has 10 heteroatoms. The average Bonchev–Trinajstić information content (AvgIpc) is 3.30. The van der Waals surface area contributed by atoms with E-state index in [0.29, 0.717) is 21.5 Å². The van der Waals surface area contributed by atoms with Gasteiger partial charge in [-0.25, -0.2) is 43.9 Å². The van der Waals surface area contributed by atoms with Crippen LogP contribution in [0.4, 0.5) is 43.9 Å². The molecule has 0 unspecified atom stereocenters. The maximum atomic E-state index is 16.4. The second kappa shape index (κ2) is 13.8. The van der Waals surface area contributed by atoms with E-state index in [1.54, 1.807) is 24.3 Å². The molecule has 0 spiro atoms. The van der Waals surface area contributed by atoms with Gasteiger partial charge >= 0.3 is 0 Å². The van der Waals surface area contributed by atoms with Crippen molar-refractivity contribution in [2.75, 3.05) is 0 Å². The molecule has 0 bridgehead atoms. The third kappa shape index (κ3) is 5.28. The molecule has 1 aliphatic carbocycles. The zero-order valence-corrected chi connectivity index (χ0v) is 31.8. The number of fused-ring (bicyclic) bond motifs is 10. The fraction of sp³-hybridized carbons (Fsp3) is 0.0769. The lowest BCUT2D eigenvalue weighted by Crippen LogP contribution is -2.42. The highest BCUT2D eigenvalue weighted by Crippen LogP contribution is 2.68. The minimum Gasteiger partial charge on any atom is -0.203 e. The van der Waals surface area contributed by atoms with E-state index in [4.69, 9.17) is 0 Å². The van der Waals surface area contributed by atoms with Crippen LogP contribution in [0.5, 0.6) is 0 Å². The molecule has 0 aliphatic heterocycles. The first-order valence-corrected chi connectivity index (χ1v) is 19.7. The van der Waals surface area contributed by atoms with E-state index < -0.39 is 93.0 Å². The number of halogens is 10. The van der Waals surface area contributed by atoms with E-state index in [2.05, 4.69) is 0 Å². The van der Waals surface area contributed by atoms with Crippen LogP contribution in [0.2, 0.25) is 0 Å². The summed E-state index contributed by atoms with van der Waals surface area (Å²) in [7, 11) is 0. The van der Waals surface area contributed by atoms with E-state index >= 15 is 35.1 Å². The van der Waals surface area contributed by atoms with Crippen LogP contribution in [0.15, 0.2) is 133 Å². The van der Waals surface area contributed by atoms with E-state index in [1.165, 1.54) is 12.1 Å². The molecule has 10 aromatic carbocycles. The third-order valence-corrected chi connectivity index (χ3v) is 13.0. The normalized spacial score (nSPS) is 17.8. The fourth-order valence-electron chi connectivity index (χ4n) is 10.2. The molecule has 11 rings (SSSR count). The standard InChI is InChI=1S/C52H26F10/c53-43-41(44(54)48(58)51(61)47(43)57)39-37(29-19-13-25-11-17-27-15-9-23-5-1-3-7-31(23)35(27)33(25)21-29)40(42-45(55)49(59)52(62)50(60)46(42)56)38(39)30-20-14-26-12-18-28-16-10-24-6-2-4-8-32(24)36(28)34(26)22-30/h1-22,37-40H. The molecule has 1 fully saturated rings. The quantitative estimate of drug-likeness (QED) is 0.0717. The predicted octanol–water partition coefficient (Wildman–Crippen LogP) is 15.4. The highest BCUT2D eigenvalue weighted by Gasteiger charge is 2.57. The van der Waals surface area contributed by atoms with Crippen LogP contribution in [-0.2, 0) is 0 Å². The highest BCUT2D eigenvalue weighted by atomic mass is 19.2. The monoisotopic (exact) mass is 840 g/mol. The second-order valence-electron chi connectivity index (χ2n) is 15.9. The van der Waals surface area contributed by atoms with Gasteiger partial charge in [-0.15, -0.1) is 0 Å². The summed E-state index contributed by atoms with van der Waals surface area (Å²) >= 11 is 0. The zero-order valence-electron chi connectivity index (χ0n) is 31.8. The van der Waals surface area contributed by atoms with Gasteiger partial charge in [-0.1, -0.05) is 133 Å². The van der Waals surface area contributed by atoms with Gasteiger partial charge in [-0.2, -0.15) is 0 Å². The maximum absolute atomic E-state index is 16.4. The van der Waals surface area contributed by atoms with Crippen molar-refractivity contribution in [3.8, 4) is 0 Å². The van der Waals surface area contributed by atoms with Gasteiger partial charge in [0.1, 0.15) is 0 Å². The first-order valence-electron chi connectivity index (χ1n) is 19.7. The molecule has 0 aromatic heterocycles. The molecule has 62 heavy (non-hydrogen) atoms. The lowest BCUT2D eigenvalue weighted by atomic mass is 9.48. The van der Waals surface area contributed by atoms with Crippen molar-refractivity contribution >= 4 is 64.6 Å². The Kier molecular flexibility index (Phi) is 8.45. The summed E-state index contributed by atoms with van der Waals surface area (Å²) in [5, 5.41) is 8.82. The van der Waals surface area contributed by atoms with E-state index in [1.807, 2.05) is 97.1 Å². The Balaban J connectivity index is 1.25. The molecular weight excluding hydrogens is 815 g/mol. The van der Waals surface area contributed by atoms with Crippen LogP contribution in [0.3, 0.4) is 0 Å². The average molecular weight is 841 g/mol. The van der Waals surface area contributed by atoms with Gasteiger partial charge in [0.2, 0.25) is 11.6 Å². The molecule has 1 saturated carbocycles. The highest BCUT2D eigenvalue weighted by molar-refractivity contribution is 6.21. The van der Waals surface area contributed by atoms with E-state index in [-0.39, 0.29) is 11.1 Å². The van der Waals surface area contributed by atoms with Crippen LogP contribution in [0.25, 0.3) is 64.6 Å². The number of benzene rings is 10. The second-order valence-corrected chi connectivity index (χ2v) is 15.9. The van der Waals surface area contributed by atoms with Crippen molar-refractivity contribution in [3.63, 3.8) is 0 Å². The Morgan fingerprint density at radius 2 is 0.516 bits per heavy atom. The summed E-state index contributed by atoms with van der Waals surface area (Å²) in [6.45, 7) is 0. The first kappa shape index (κ1) is 38.0. The zero-order chi connectivity index (χ0) is 42.9. The van der Waals surface area contributed by atoms with Crippen LogP contribution < -0.4 is 0 Å². The summed E-state index contributed by atoms with van der Waals surface area (Å²) in [5.74, 6) is -29.3. The van der Waals surface area contributed by atoms with Gasteiger partial charge < -0.3 is 0 Å². The Hall–Kier alpha value is -6.94. The van der Waals surface area contributed by atoms with Crippen molar-refractivity contribution in [1.29, 1.82) is 0 Å². The Labute approximate surface area is 345 Å². The van der Waals surface area contributed by atoms with Gasteiger partial charge in [0.25, 0.3) is 0 Å². The van der Waals surface area contributed by atoms with Gasteiger partial charge in [-0.3, -0.25) is 0 Å². The summed E-state index contributed by atoms with van der Waals surface area (Å²) in [6.07, 6.45) is 0. The van der Waals surface area contributed by atoms with E-state index in [9.17, 15) is 8.78 Å². The van der Waals surface area contributed by atoms with Crippen LogP contribution >= 0.6 is 0 Å². The third-order valence-electron chi connectivity index (χ3n) is 13.0. The topological polar surface area (TPSA) is 0 Å². The number of hydrogen-bond donors (Lipinski definition) is 0. The van der Waals surface area contributed by atoms with Crippen molar-refractivity contribution in [1.82, 2.24) is 0 Å². The minimum absolute atomic E-state index is 0.106. The largest absolute Gasteiger partial charge is 0.203 e. The molecule has 0 radical (unpaired) electrons. The van der Waals surface area contributed by atoms with Gasteiger partial charge in [0.15, 0.2) is 46.5 Å². The van der Waals surface area contributed by atoms with Crippen molar-refractivity contribution in [2.24, 2.45) is 0 Å². The molecule has 0 saturated heterocycles. The molecule has 0 heterocycles. The predicted molar refractivity (Wildman–Crippen MR) is 221 cm³/mol. The van der Waals surface area contributed by atoms with Gasteiger partial charge in [0.05, 0.1) is 0 Å². The molecule has 10 aromatic rings.